The van der Waals surface area contributed by atoms with Gasteiger partial charge in [0, 0.05) is 32.7 Å². The number of benzene rings is 2. The number of rotatable bonds is 5. The summed E-state index contributed by atoms with van der Waals surface area (Å²) in [5.74, 6) is 0.0867. The maximum Gasteiger partial charge on any atom is 0.182 e. The van der Waals surface area contributed by atoms with E-state index in [4.69, 9.17) is 0 Å². The molecule has 2 aliphatic rings. The van der Waals surface area contributed by atoms with Gasteiger partial charge < -0.3 is 10.0 Å². The number of hydrogen-bond donors (Lipinski definition) is 1. The molecule has 4 rings (SSSR count). The van der Waals surface area contributed by atoms with Crippen LogP contribution in [0.1, 0.15) is 17.5 Å². The molecule has 1 saturated heterocycles. The van der Waals surface area contributed by atoms with E-state index in [1.165, 1.54) is 35.4 Å². The van der Waals surface area contributed by atoms with Crippen LogP contribution in [-0.2, 0) is 22.9 Å². The summed E-state index contributed by atoms with van der Waals surface area (Å²) >= 11 is 0. The zero-order valence-corrected chi connectivity index (χ0v) is 15.5. The zero-order valence-electron chi connectivity index (χ0n) is 14.7. The first-order chi connectivity index (χ1) is 12.5. The van der Waals surface area contributed by atoms with Crippen molar-refractivity contribution in [1.82, 2.24) is 9.80 Å². The van der Waals surface area contributed by atoms with Crippen LogP contribution in [0, 0.1) is 0 Å². The molecule has 5 nitrogen and oxygen atoms in total. The fourth-order valence-electron chi connectivity index (χ4n) is 3.93. The summed E-state index contributed by atoms with van der Waals surface area (Å²) in [5.41, 5.74) is 2.81. The maximum absolute atomic E-state index is 12.8. The molecule has 0 radical (unpaired) electrons. The Morgan fingerprint density at radius 1 is 0.923 bits per heavy atom. The second kappa shape index (κ2) is 7.02. The van der Waals surface area contributed by atoms with Crippen LogP contribution in [-0.4, -0.2) is 54.8 Å². The van der Waals surface area contributed by atoms with E-state index in [1.54, 1.807) is 0 Å². The van der Waals surface area contributed by atoms with E-state index < -0.39 is 9.84 Å². The summed E-state index contributed by atoms with van der Waals surface area (Å²) in [6, 6.07) is 14.4. The number of hydrogen-bond acceptors (Lipinski definition) is 5. The molecule has 0 spiro atoms. The van der Waals surface area contributed by atoms with Gasteiger partial charge in [-0.15, -0.1) is 0 Å². The summed E-state index contributed by atoms with van der Waals surface area (Å²) in [7, 11) is -3.34. The third-order valence-electron chi connectivity index (χ3n) is 5.47. The number of fused-ring (bicyclic) bond motifs is 1. The Morgan fingerprint density at radius 3 is 2.19 bits per heavy atom. The molecule has 1 N–H and O–H groups in total. The molecule has 0 saturated carbocycles. The Balaban J connectivity index is 1.32. The molecule has 138 valence electrons. The number of phenolic OH excluding ortho intramolecular Hbond substituents is 1. The van der Waals surface area contributed by atoms with Gasteiger partial charge in [0.15, 0.2) is 9.84 Å². The molecule has 0 amide bonds. The van der Waals surface area contributed by atoms with Gasteiger partial charge in [0.05, 0.1) is 10.1 Å². The highest BCUT2D eigenvalue weighted by molar-refractivity contribution is 7.92. The summed E-state index contributed by atoms with van der Waals surface area (Å²) in [6.45, 7) is 5.24. The molecule has 1 unspecified atom stereocenters. The van der Waals surface area contributed by atoms with Crippen molar-refractivity contribution in [2.75, 3.05) is 26.2 Å². The van der Waals surface area contributed by atoms with E-state index in [0.717, 1.165) is 32.7 Å². The van der Waals surface area contributed by atoms with Gasteiger partial charge in [-0.05, 0) is 48.4 Å². The fourth-order valence-corrected chi connectivity index (χ4v) is 5.65. The van der Waals surface area contributed by atoms with Gasteiger partial charge >= 0.3 is 0 Å². The van der Waals surface area contributed by atoms with Crippen molar-refractivity contribution in [2.24, 2.45) is 0 Å². The summed E-state index contributed by atoms with van der Waals surface area (Å²) in [5, 5.41) is 9.00. The molecule has 1 fully saturated rings. The highest BCUT2D eigenvalue weighted by atomic mass is 32.2. The third kappa shape index (κ3) is 3.49. The number of sulfone groups is 1. The Labute approximate surface area is 154 Å². The Morgan fingerprint density at radius 2 is 1.54 bits per heavy atom. The average molecular weight is 372 g/mol. The van der Waals surface area contributed by atoms with Crippen LogP contribution in [0.5, 0.6) is 5.75 Å². The SMILES string of the molecule is O=S(=O)(c1ccc(O)cc1)C1CCN(CCN2Cc3ccccc3C2)C1. The second-order valence-corrected chi connectivity index (χ2v) is 9.46. The fraction of sp³-hybridized carbons (Fsp3) is 0.400. The van der Waals surface area contributed by atoms with Crippen LogP contribution in [0.25, 0.3) is 0 Å². The van der Waals surface area contributed by atoms with E-state index >= 15 is 0 Å². The molecule has 0 aromatic heterocycles. The van der Waals surface area contributed by atoms with E-state index in [9.17, 15) is 13.5 Å². The molecular formula is C20H24N2O3S. The topological polar surface area (TPSA) is 60.9 Å². The van der Waals surface area contributed by atoms with Gasteiger partial charge in [0.1, 0.15) is 5.75 Å². The van der Waals surface area contributed by atoms with Crippen LogP contribution in [0.3, 0.4) is 0 Å². The summed E-state index contributed by atoms with van der Waals surface area (Å²) in [6.07, 6.45) is 0.670. The van der Waals surface area contributed by atoms with Crippen molar-refractivity contribution in [3.05, 3.63) is 59.7 Å². The highest BCUT2D eigenvalue weighted by Gasteiger charge is 2.34. The predicted molar refractivity (Wildman–Crippen MR) is 101 cm³/mol. The van der Waals surface area contributed by atoms with Gasteiger partial charge in [-0.2, -0.15) is 0 Å². The Bertz CT molecular complexity index is 855. The lowest BCUT2D eigenvalue weighted by atomic mass is 10.1. The Hall–Kier alpha value is -1.89. The maximum atomic E-state index is 12.8. The van der Waals surface area contributed by atoms with Crippen molar-refractivity contribution >= 4 is 9.84 Å². The van der Waals surface area contributed by atoms with Crippen molar-refractivity contribution < 1.29 is 13.5 Å². The largest absolute Gasteiger partial charge is 0.508 e. The van der Waals surface area contributed by atoms with Gasteiger partial charge in [-0.25, -0.2) is 8.42 Å². The first-order valence-electron chi connectivity index (χ1n) is 9.07. The molecular weight excluding hydrogens is 348 g/mol. The van der Waals surface area contributed by atoms with Crippen LogP contribution >= 0.6 is 0 Å². The van der Waals surface area contributed by atoms with E-state index in [2.05, 4.69) is 34.1 Å². The average Bonchev–Trinajstić information content (AvgIpc) is 3.27. The molecule has 6 heteroatoms. The van der Waals surface area contributed by atoms with Gasteiger partial charge in [-0.3, -0.25) is 4.90 Å². The normalized spacial score (nSPS) is 21.2. The lowest BCUT2D eigenvalue weighted by molar-refractivity contribution is 0.228. The van der Waals surface area contributed by atoms with Crippen LogP contribution in [0.2, 0.25) is 0 Å². The number of likely N-dealkylation sites (tertiary alicyclic amines) is 1. The molecule has 2 aromatic rings. The number of aromatic hydroxyl groups is 1. The van der Waals surface area contributed by atoms with E-state index in [-0.39, 0.29) is 11.0 Å². The number of nitrogens with zero attached hydrogens (tertiary/aromatic N) is 2. The highest BCUT2D eigenvalue weighted by Crippen LogP contribution is 2.26. The third-order valence-corrected chi connectivity index (χ3v) is 7.66. The summed E-state index contributed by atoms with van der Waals surface area (Å²) in [4.78, 5) is 4.98. The molecule has 2 aromatic carbocycles. The first kappa shape index (κ1) is 17.5. The van der Waals surface area contributed by atoms with Crippen molar-refractivity contribution in [3.63, 3.8) is 0 Å². The van der Waals surface area contributed by atoms with Crippen molar-refractivity contribution in [3.8, 4) is 5.75 Å². The van der Waals surface area contributed by atoms with Gasteiger partial charge in [0.2, 0.25) is 0 Å². The minimum atomic E-state index is -3.34. The van der Waals surface area contributed by atoms with Crippen LogP contribution < -0.4 is 0 Å². The molecule has 26 heavy (non-hydrogen) atoms. The quantitative estimate of drug-likeness (QED) is 0.872. The second-order valence-electron chi connectivity index (χ2n) is 7.23. The first-order valence-corrected chi connectivity index (χ1v) is 10.6. The van der Waals surface area contributed by atoms with Gasteiger partial charge in [0.25, 0.3) is 0 Å². The van der Waals surface area contributed by atoms with Crippen molar-refractivity contribution in [1.29, 1.82) is 0 Å². The minimum Gasteiger partial charge on any atom is -0.508 e. The van der Waals surface area contributed by atoms with Crippen LogP contribution in [0.15, 0.2) is 53.4 Å². The van der Waals surface area contributed by atoms with E-state index in [0.29, 0.717) is 17.9 Å². The van der Waals surface area contributed by atoms with Crippen LogP contribution in [0.4, 0.5) is 0 Å². The standard InChI is InChI=1S/C20H24N2O3S/c23-18-5-7-19(8-6-18)26(24,25)20-9-10-21(15-20)11-12-22-13-16-3-1-2-4-17(16)14-22/h1-8,20,23H,9-15H2. The lowest BCUT2D eigenvalue weighted by Crippen LogP contribution is -2.33. The lowest BCUT2D eigenvalue weighted by Gasteiger charge is -2.21. The van der Waals surface area contributed by atoms with E-state index in [1.807, 2.05) is 0 Å². The molecule has 0 bridgehead atoms. The molecule has 2 heterocycles. The predicted octanol–water partition coefficient (Wildman–Crippen LogP) is 2.26. The summed E-state index contributed by atoms with van der Waals surface area (Å²) < 4.78 is 25.6. The Kier molecular flexibility index (Phi) is 4.73. The monoisotopic (exact) mass is 372 g/mol. The molecule has 2 aliphatic heterocycles. The van der Waals surface area contributed by atoms with Gasteiger partial charge in [-0.1, -0.05) is 24.3 Å². The smallest absolute Gasteiger partial charge is 0.182 e. The molecule has 1 atom stereocenters. The minimum absolute atomic E-state index is 0.0867. The molecule has 0 aliphatic carbocycles. The zero-order chi connectivity index (χ0) is 18.1. The van der Waals surface area contributed by atoms with Crippen molar-refractivity contribution in [2.45, 2.75) is 29.7 Å². The number of phenols is 1.